The molecule has 1 aliphatic carbocycles. The van der Waals surface area contributed by atoms with Crippen molar-refractivity contribution in [2.24, 2.45) is 16.4 Å². The van der Waals surface area contributed by atoms with Gasteiger partial charge >= 0.3 is 0 Å². The minimum absolute atomic E-state index is 0.152. The summed E-state index contributed by atoms with van der Waals surface area (Å²) in [5.41, 5.74) is 4.68. The van der Waals surface area contributed by atoms with Gasteiger partial charge in [0.15, 0.2) is 0 Å². The Balaban J connectivity index is 2.01. The molecule has 0 heterocycles. The summed E-state index contributed by atoms with van der Waals surface area (Å²) < 4.78 is 0.961. The van der Waals surface area contributed by atoms with Crippen LogP contribution in [0.2, 0.25) is 0 Å². The SMILES string of the molecule is CC1CC(=NNC(=O)c2ccc(Br)cc2)CC(C)(C)C1. The monoisotopic (exact) mass is 336 g/mol. The molecule has 1 amide bonds. The average Bonchev–Trinajstić information content (AvgIpc) is 2.34. The predicted octanol–water partition coefficient (Wildman–Crippen LogP) is 4.38. The molecule has 1 aromatic rings. The lowest BCUT2D eigenvalue weighted by atomic mass is 9.72. The Hall–Kier alpha value is -1.16. The zero-order valence-corrected chi connectivity index (χ0v) is 13.8. The van der Waals surface area contributed by atoms with Crippen molar-refractivity contribution in [1.29, 1.82) is 0 Å². The van der Waals surface area contributed by atoms with Gasteiger partial charge in [-0.2, -0.15) is 5.10 Å². The lowest BCUT2D eigenvalue weighted by molar-refractivity contribution is 0.0954. The number of halogens is 1. The Kier molecular flexibility index (Phi) is 4.63. The first kappa shape index (κ1) is 15.2. The molecule has 0 spiro atoms. The summed E-state index contributed by atoms with van der Waals surface area (Å²) in [4.78, 5) is 12.0. The van der Waals surface area contributed by atoms with E-state index >= 15 is 0 Å². The third kappa shape index (κ3) is 4.17. The highest BCUT2D eigenvalue weighted by Gasteiger charge is 2.29. The van der Waals surface area contributed by atoms with Crippen LogP contribution in [0.15, 0.2) is 33.8 Å². The maximum Gasteiger partial charge on any atom is 0.271 e. The number of benzene rings is 1. The van der Waals surface area contributed by atoms with E-state index in [4.69, 9.17) is 0 Å². The zero-order chi connectivity index (χ0) is 14.8. The number of nitrogens with one attached hydrogen (secondary N) is 1. The van der Waals surface area contributed by atoms with Gasteiger partial charge in [-0.1, -0.05) is 36.7 Å². The molecule has 0 bridgehead atoms. The normalized spacial score (nSPS) is 23.6. The fourth-order valence-electron chi connectivity index (χ4n) is 3.00. The number of carbonyl (C=O) groups excluding carboxylic acids is 1. The molecule has 20 heavy (non-hydrogen) atoms. The zero-order valence-electron chi connectivity index (χ0n) is 12.2. The number of hydrogen-bond acceptors (Lipinski definition) is 2. The molecular weight excluding hydrogens is 316 g/mol. The predicted molar refractivity (Wildman–Crippen MR) is 85.8 cm³/mol. The van der Waals surface area contributed by atoms with Gasteiger partial charge in [-0.05, 0) is 54.9 Å². The van der Waals surface area contributed by atoms with Crippen LogP contribution in [-0.4, -0.2) is 11.6 Å². The van der Waals surface area contributed by atoms with Gasteiger partial charge in [0.25, 0.3) is 5.91 Å². The van der Waals surface area contributed by atoms with E-state index in [2.05, 4.69) is 47.2 Å². The molecule has 108 valence electrons. The molecule has 1 atom stereocenters. The van der Waals surface area contributed by atoms with Gasteiger partial charge in [0.2, 0.25) is 0 Å². The quantitative estimate of drug-likeness (QED) is 0.800. The van der Waals surface area contributed by atoms with E-state index in [0.717, 1.165) is 23.0 Å². The summed E-state index contributed by atoms with van der Waals surface area (Å²) >= 11 is 3.36. The maximum atomic E-state index is 12.0. The molecule has 1 aromatic carbocycles. The van der Waals surface area contributed by atoms with Crippen LogP contribution in [0.1, 0.15) is 50.4 Å². The van der Waals surface area contributed by atoms with E-state index in [1.54, 1.807) is 12.1 Å². The minimum atomic E-state index is -0.152. The number of amides is 1. The first-order valence-electron chi connectivity index (χ1n) is 6.97. The lowest BCUT2D eigenvalue weighted by Gasteiger charge is -2.34. The van der Waals surface area contributed by atoms with Crippen LogP contribution in [0.25, 0.3) is 0 Å². The topological polar surface area (TPSA) is 41.5 Å². The fraction of sp³-hybridized carbons (Fsp3) is 0.500. The van der Waals surface area contributed by atoms with Crippen LogP contribution in [0.5, 0.6) is 0 Å². The fourth-order valence-corrected chi connectivity index (χ4v) is 3.26. The molecule has 1 fully saturated rings. The number of hydrogen-bond donors (Lipinski definition) is 1. The second-order valence-electron chi connectivity index (χ2n) is 6.48. The summed E-state index contributed by atoms with van der Waals surface area (Å²) in [5.74, 6) is 0.475. The van der Waals surface area contributed by atoms with Crippen molar-refractivity contribution in [3.8, 4) is 0 Å². The summed E-state index contributed by atoms with van der Waals surface area (Å²) in [6, 6.07) is 7.28. The highest BCUT2D eigenvalue weighted by Crippen LogP contribution is 2.36. The van der Waals surface area contributed by atoms with E-state index in [1.807, 2.05) is 12.1 Å². The van der Waals surface area contributed by atoms with E-state index in [1.165, 1.54) is 6.42 Å². The van der Waals surface area contributed by atoms with Crippen LogP contribution < -0.4 is 5.43 Å². The first-order valence-corrected chi connectivity index (χ1v) is 7.76. The van der Waals surface area contributed by atoms with Crippen LogP contribution in [-0.2, 0) is 0 Å². The van der Waals surface area contributed by atoms with Gasteiger partial charge in [-0.25, -0.2) is 5.43 Å². The third-order valence-corrected chi connectivity index (χ3v) is 4.12. The summed E-state index contributed by atoms with van der Waals surface area (Å²) in [7, 11) is 0. The first-order chi connectivity index (χ1) is 9.35. The van der Waals surface area contributed by atoms with Gasteiger partial charge in [0.1, 0.15) is 0 Å². The molecule has 1 saturated carbocycles. The molecule has 0 radical (unpaired) electrons. The van der Waals surface area contributed by atoms with Gasteiger partial charge in [-0.3, -0.25) is 4.79 Å². The highest BCUT2D eigenvalue weighted by atomic mass is 79.9. The molecule has 0 aliphatic heterocycles. The number of hydrazone groups is 1. The van der Waals surface area contributed by atoms with Crippen LogP contribution in [0.4, 0.5) is 0 Å². The van der Waals surface area contributed by atoms with E-state index < -0.39 is 0 Å². The molecule has 3 nitrogen and oxygen atoms in total. The van der Waals surface area contributed by atoms with Gasteiger partial charge < -0.3 is 0 Å². The third-order valence-electron chi connectivity index (χ3n) is 3.59. The van der Waals surface area contributed by atoms with E-state index in [9.17, 15) is 4.79 Å². The van der Waals surface area contributed by atoms with Crippen molar-refractivity contribution < 1.29 is 4.79 Å². The molecule has 0 saturated heterocycles. The van der Waals surface area contributed by atoms with E-state index in [0.29, 0.717) is 11.5 Å². The molecular formula is C16H21BrN2O. The van der Waals surface area contributed by atoms with Gasteiger partial charge in [0.05, 0.1) is 0 Å². The highest BCUT2D eigenvalue weighted by molar-refractivity contribution is 9.10. The van der Waals surface area contributed by atoms with Gasteiger partial charge in [0, 0.05) is 15.7 Å². The average molecular weight is 337 g/mol. The van der Waals surface area contributed by atoms with E-state index in [-0.39, 0.29) is 11.3 Å². The lowest BCUT2D eigenvalue weighted by Crippen LogP contribution is -2.30. The Morgan fingerprint density at radius 2 is 2.00 bits per heavy atom. The number of carbonyl (C=O) groups is 1. The van der Waals surface area contributed by atoms with Crippen molar-refractivity contribution in [2.45, 2.75) is 40.0 Å². The second-order valence-corrected chi connectivity index (χ2v) is 7.40. The number of nitrogens with zero attached hydrogens (tertiary/aromatic N) is 1. The summed E-state index contributed by atoms with van der Waals surface area (Å²) in [6.07, 6.45) is 3.15. The summed E-state index contributed by atoms with van der Waals surface area (Å²) in [6.45, 7) is 6.76. The van der Waals surface area contributed by atoms with Crippen LogP contribution in [0, 0.1) is 11.3 Å². The van der Waals surface area contributed by atoms with Crippen molar-refractivity contribution in [2.75, 3.05) is 0 Å². The molecule has 0 aromatic heterocycles. The van der Waals surface area contributed by atoms with Crippen LogP contribution >= 0.6 is 15.9 Å². The largest absolute Gasteiger partial charge is 0.271 e. The van der Waals surface area contributed by atoms with Crippen molar-refractivity contribution >= 4 is 27.5 Å². The maximum absolute atomic E-state index is 12.0. The molecule has 1 aliphatic rings. The Bertz CT molecular complexity index is 520. The Morgan fingerprint density at radius 3 is 2.60 bits per heavy atom. The number of rotatable bonds is 2. The minimum Gasteiger partial charge on any atom is -0.267 e. The molecule has 1 N–H and O–H groups in total. The standard InChI is InChI=1S/C16H21BrN2O/c1-11-8-14(10-16(2,3)9-11)18-19-15(20)12-4-6-13(17)7-5-12/h4-7,11H,8-10H2,1-3H3,(H,19,20). The molecule has 1 unspecified atom stereocenters. The smallest absolute Gasteiger partial charge is 0.267 e. The molecule has 4 heteroatoms. The van der Waals surface area contributed by atoms with Gasteiger partial charge in [-0.15, -0.1) is 0 Å². The summed E-state index contributed by atoms with van der Waals surface area (Å²) in [5, 5.41) is 4.33. The second kappa shape index (κ2) is 6.08. The van der Waals surface area contributed by atoms with Crippen molar-refractivity contribution in [3.05, 3.63) is 34.3 Å². The Morgan fingerprint density at radius 1 is 1.35 bits per heavy atom. The van der Waals surface area contributed by atoms with Crippen molar-refractivity contribution in [1.82, 2.24) is 5.43 Å². The Labute approximate surface area is 129 Å². The molecule has 2 rings (SSSR count). The van der Waals surface area contributed by atoms with Crippen molar-refractivity contribution in [3.63, 3.8) is 0 Å². The van der Waals surface area contributed by atoms with Crippen LogP contribution in [0.3, 0.4) is 0 Å².